The zero-order valence-corrected chi connectivity index (χ0v) is 22.4. The van der Waals surface area contributed by atoms with E-state index in [1.54, 1.807) is 6.42 Å². The predicted molar refractivity (Wildman–Crippen MR) is 141 cm³/mol. The first-order valence-electron chi connectivity index (χ1n) is 14.6. The molecule has 7 aliphatic rings. The number of rotatable bonds is 4. The van der Waals surface area contributed by atoms with E-state index in [4.69, 9.17) is 5.10 Å². The summed E-state index contributed by atoms with van der Waals surface area (Å²) in [5.41, 5.74) is 3.38. The fourth-order valence-electron chi connectivity index (χ4n) is 9.22. The highest BCUT2D eigenvalue weighted by Gasteiger charge is 2.50. The van der Waals surface area contributed by atoms with Crippen molar-refractivity contribution >= 4 is 17.7 Å². The van der Waals surface area contributed by atoms with Gasteiger partial charge in [-0.1, -0.05) is 0 Å². The molecule has 2 saturated heterocycles. The minimum absolute atomic E-state index is 0.182. The van der Waals surface area contributed by atoms with Crippen LogP contribution in [0.25, 0.3) is 0 Å². The molecule has 192 valence electrons. The average Bonchev–Trinajstić information content (AvgIpc) is 3.26. The maximum atomic E-state index is 13.4. The monoisotopic (exact) mass is 497 g/mol. The molecule has 4 saturated carbocycles. The van der Waals surface area contributed by atoms with Crippen LogP contribution in [0.1, 0.15) is 67.2 Å². The quantitative estimate of drug-likeness (QED) is 0.638. The Kier molecular flexibility index (Phi) is 6.18. The Morgan fingerprint density at radius 1 is 0.914 bits per heavy atom. The summed E-state index contributed by atoms with van der Waals surface area (Å²) >= 11 is 1.96. The highest BCUT2D eigenvalue weighted by molar-refractivity contribution is 7.99. The number of hydrogen-bond donors (Lipinski definition) is 0. The zero-order chi connectivity index (χ0) is 23.5. The van der Waals surface area contributed by atoms with E-state index in [9.17, 15) is 4.79 Å². The van der Waals surface area contributed by atoms with Crippen LogP contribution in [0.15, 0.2) is 0 Å². The van der Waals surface area contributed by atoms with Crippen molar-refractivity contribution in [1.82, 2.24) is 24.5 Å². The molecule has 1 aromatic rings. The fourth-order valence-corrected chi connectivity index (χ4v) is 10.1. The van der Waals surface area contributed by atoms with Crippen molar-refractivity contribution in [3.8, 4) is 0 Å². The molecule has 35 heavy (non-hydrogen) atoms. The molecule has 0 aromatic carbocycles. The number of amides is 1. The number of thioether (sulfide) groups is 1. The van der Waals surface area contributed by atoms with Crippen LogP contribution in [0.4, 0.5) is 0 Å². The molecule has 8 rings (SSSR count). The fraction of sp³-hybridized carbons (Fsp3) is 0.857. The van der Waals surface area contributed by atoms with Gasteiger partial charge in [-0.05, 0) is 82.0 Å². The topological polar surface area (TPSA) is 44.6 Å². The van der Waals surface area contributed by atoms with Crippen molar-refractivity contribution in [1.29, 1.82) is 0 Å². The van der Waals surface area contributed by atoms with Gasteiger partial charge in [0, 0.05) is 80.7 Å². The van der Waals surface area contributed by atoms with Gasteiger partial charge >= 0.3 is 0 Å². The van der Waals surface area contributed by atoms with Crippen LogP contribution in [-0.4, -0.2) is 93.2 Å². The lowest BCUT2D eigenvalue weighted by Gasteiger charge is -2.58. The standard InChI is InChI=1S/C28H43N5OS/c1-2-33-25-4-3-23(18-24(25)26(29-33)28(34)32-9-11-35-12-10-32)30-5-7-31(8-6-30)27-21-14-19-13-20(16-21)17-22(27)15-19/h19-23,27H,2-18H2,1H3. The summed E-state index contributed by atoms with van der Waals surface area (Å²) in [4.78, 5) is 21.2. The van der Waals surface area contributed by atoms with Gasteiger partial charge in [0.05, 0.1) is 0 Å². The van der Waals surface area contributed by atoms with Gasteiger partial charge in [-0.3, -0.25) is 19.3 Å². The number of aromatic nitrogens is 2. The van der Waals surface area contributed by atoms with Crippen molar-refractivity contribution in [2.45, 2.75) is 76.9 Å². The van der Waals surface area contributed by atoms with Gasteiger partial charge in [0.1, 0.15) is 0 Å². The summed E-state index contributed by atoms with van der Waals surface area (Å²) in [5.74, 6) is 6.42. The lowest BCUT2D eigenvalue weighted by Crippen LogP contribution is -2.61. The second-order valence-electron chi connectivity index (χ2n) is 12.4. The molecule has 0 radical (unpaired) electrons. The molecule has 0 N–H and O–H groups in total. The molecule has 1 amide bonds. The van der Waals surface area contributed by atoms with Gasteiger partial charge in [-0.15, -0.1) is 0 Å². The third-order valence-electron chi connectivity index (χ3n) is 10.6. The number of carbonyl (C=O) groups is 1. The van der Waals surface area contributed by atoms with E-state index in [2.05, 4.69) is 21.4 Å². The first-order valence-corrected chi connectivity index (χ1v) is 15.8. The van der Waals surface area contributed by atoms with Crippen molar-refractivity contribution in [2.24, 2.45) is 23.7 Å². The summed E-state index contributed by atoms with van der Waals surface area (Å²) in [6, 6.07) is 1.46. The number of carbonyl (C=O) groups excluding carboxylic acids is 1. The molecule has 3 heterocycles. The molecule has 1 unspecified atom stereocenters. The Morgan fingerprint density at radius 3 is 2.23 bits per heavy atom. The van der Waals surface area contributed by atoms with Crippen LogP contribution < -0.4 is 0 Å². The number of fused-ring (bicyclic) bond motifs is 1. The average molecular weight is 498 g/mol. The SMILES string of the molecule is CCn1nc(C(=O)N2CCSCC2)c2c1CCC(N1CCN(C3C4CC5CC(C4)CC3C5)CC1)C2. The number of hydrogen-bond acceptors (Lipinski definition) is 5. The second kappa shape index (κ2) is 9.36. The summed E-state index contributed by atoms with van der Waals surface area (Å²) < 4.78 is 2.13. The van der Waals surface area contributed by atoms with Gasteiger partial charge in [-0.25, -0.2) is 0 Å². The molecule has 1 atom stereocenters. The van der Waals surface area contributed by atoms with Crippen LogP contribution in [-0.2, 0) is 19.4 Å². The van der Waals surface area contributed by atoms with Gasteiger partial charge in [-0.2, -0.15) is 16.9 Å². The van der Waals surface area contributed by atoms with Crippen molar-refractivity contribution in [2.75, 3.05) is 50.8 Å². The first-order chi connectivity index (χ1) is 17.2. The highest BCUT2D eigenvalue weighted by atomic mass is 32.2. The van der Waals surface area contributed by atoms with E-state index in [-0.39, 0.29) is 5.91 Å². The minimum Gasteiger partial charge on any atom is -0.336 e. The van der Waals surface area contributed by atoms with E-state index < -0.39 is 0 Å². The molecular formula is C28H43N5OS. The second-order valence-corrected chi connectivity index (χ2v) is 13.6. The molecule has 4 bridgehead atoms. The Balaban J connectivity index is 1.03. The highest BCUT2D eigenvalue weighted by Crippen LogP contribution is 2.55. The van der Waals surface area contributed by atoms with Gasteiger partial charge < -0.3 is 4.90 Å². The summed E-state index contributed by atoms with van der Waals surface area (Å²) in [7, 11) is 0. The molecule has 6 fully saturated rings. The van der Waals surface area contributed by atoms with Crippen molar-refractivity contribution < 1.29 is 4.79 Å². The van der Waals surface area contributed by atoms with Gasteiger partial charge in [0.25, 0.3) is 5.91 Å². The molecule has 6 nitrogen and oxygen atoms in total. The molecule has 0 spiro atoms. The van der Waals surface area contributed by atoms with E-state index in [1.807, 2.05) is 16.7 Å². The smallest absolute Gasteiger partial charge is 0.274 e. The maximum Gasteiger partial charge on any atom is 0.274 e. The molecular weight excluding hydrogens is 454 g/mol. The first kappa shape index (κ1) is 23.1. The lowest BCUT2D eigenvalue weighted by molar-refractivity contribution is -0.0794. The van der Waals surface area contributed by atoms with Crippen LogP contribution in [0.5, 0.6) is 0 Å². The van der Waals surface area contributed by atoms with Crippen LogP contribution in [0.2, 0.25) is 0 Å². The third-order valence-corrected chi connectivity index (χ3v) is 11.5. The normalized spacial score (nSPS) is 37.6. The molecule has 5 aliphatic carbocycles. The van der Waals surface area contributed by atoms with Gasteiger partial charge in [0.2, 0.25) is 0 Å². The Morgan fingerprint density at radius 2 is 1.57 bits per heavy atom. The Bertz CT molecular complexity index is 919. The Labute approximate surface area is 215 Å². The molecule has 1 aromatic heterocycles. The largest absolute Gasteiger partial charge is 0.336 e. The molecule has 2 aliphatic heterocycles. The van der Waals surface area contributed by atoms with E-state index in [1.165, 1.54) is 69.5 Å². The maximum absolute atomic E-state index is 13.4. The summed E-state index contributed by atoms with van der Waals surface area (Å²) in [6.45, 7) is 9.67. The zero-order valence-electron chi connectivity index (χ0n) is 21.5. The van der Waals surface area contributed by atoms with Crippen molar-refractivity contribution in [3.63, 3.8) is 0 Å². The number of aryl methyl sites for hydroxylation is 1. The molecule has 7 heteroatoms. The Hall–Kier alpha value is -1.05. The van der Waals surface area contributed by atoms with E-state index >= 15 is 0 Å². The summed E-state index contributed by atoms with van der Waals surface area (Å²) in [6.07, 6.45) is 10.9. The predicted octanol–water partition coefficient (Wildman–Crippen LogP) is 3.39. The van der Waals surface area contributed by atoms with Crippen LogP contribution in [0.3, 0.4) is 0 Å². The van der Waals surface area contributed by atoms with E-state index in [0.29, 0.717) is 6.04 Å². The summed E-state index contributed by atoms with van der Waals surface area (Å²) in [5, 5.41) is 4.87. The number of piperazine rings is 1. The van der Waals surface area contributed by atoms with Crippen LogP contribution >= 0.6 is 11.8 Å². The van der Waals surface area contributed by atoms with Crippen molar-refractivity contribution in [3.05, 3.63) is 17.0 Å². The van der Waals surface area contributed by atoms with E-state index in [0.717, 1.165) is 79.4 Å². The van der Waals surface area contributed by atoms with Crippen LogP contribution in [0, 0.1) is 23.7 Å². The minimum atomic E-state index is 0.182. The third kappa shape index (κ3) is 4.08. The van der Waals surface area contributed by atoms with Gasteiger partial charge in [0.15, 0.2) is 5.69 Å². The number of nitrogens with zero attached hydrogens (tertiary/aromatic N) is 5. The lowest BCUT2D eigenvalue weighted by atomic mass is 9.54.